The van der Waals surface area contributed by atoms with Crippen molar-refractivity contribution in [2.45, 2.75) is 64.8 Å². The summed E-state index contributed by atoms with van der Waals surface area (Å²) in [5.74, 6) is 0.498. The highest BCUT2D eigenvalue weighted by atomic mass is 16.3. The molecule has 7 nitrogen and oxygen atoms in total. The first-order valence-corrected chi connectivity index (χ1v) is 11.1. The average Bonchev–Trinajstić information content (AvgIpc) is 3.25. The first-order valence-electron chi connectivity index (χ1n) is 11.1. The topological polar surface area (TPSA) is 92.1 Å². The Labute approximate surface area is 189 Å². The highest BCUT2D eigenvalue weighted by Crippen LogP contribution is 2.19. The van der Waals surface area contributed by atoms with Crippen LogP contribution in [0.3, 0.4) is 0 Å². The largest absolute Gasteiger partial charge is 0.387 e. The number of aliphatic hydroxyl groups is 1. The molecule has 2 aromatic carbocycles. The summed E-state index contributed by atoms with van der Waals surface area (Å²) in [6.07, 6.45) is 2.79. The van der Waals surface area contributed by atoms with Gasteiger partial charge in [0, 0.05) is 17.8 Å². The van der Waals surface area contributed by atoms with Crippen molar-refractivity contribution >= 4 is 11.6 Å². The smallest absolute Gasteiger partial charge is 0.249 e. The molecule has 3 N–H and O–H groups in total. The third-order valence-corrected chi connectivity index (χ3v) is 5.71. The van der Waals surface area contributed by atoms with Crippen molar-refractivity contribution in [2.24, 2.45) is 0 Å². The van der Waals surface area contributed by atoms with Gasteiger partial charge in [-0.3, -0.25) is 4.79 Å². The van der Waals surface area contributed by atoms with E-state index in [1.54, 1.807) is 24.9 Å². The number of anilines is 1. The van der Waals surface area contributed by atoms with Crippen LogP contribution in [0.25, 0.3) is 0 Å². The summed E-state index contributed by atoms with van der Waals surface area (Å²) < 4.78 is 1.56. The highest BCUT2D eigenvalue weighted by Gasteiger charge is 2.20. The third-order valence-electron chi connectivity index (χ3n) is 5.71. The van der Waals surface area contributed by atoms with E-state index in [1.807, 2.05) is 61.5 Å². The molecule has 0 radical (unpaired) electrons. The average molecular weight is 436 g/mol. The molecule has 7 heteroatoms. The number of benzene rings is 2. The molecule has 1 heterocycles. The molecule has 4 unspecified atom stereocenters. The lowest BCUT2D eigenvalue weighted by Crippen LogP contribution is -2.41. The quantitative estimate of drug-likeness (QED) is 0.450. The molecule has 0 aliphatic heterocycles. The van der Waals surface area contributed by atoms with Crippen molar-refractivity contribution in [1.29, 1.82) is 0 Å². The van der Waals surface area contributed by atoms with E-state index in [4.69, 9.17) is 0 Å². The molecule has 3 aromatic rings. The zero-order valence-corrected chi connectivity index (χ0v) is 19.2. The minimum absolute atomic E-state index is 0.0668. The number of rotatable bonds is 10. The summed E-state index contributed by atoms with van der Waals surface area (Å²) in [6, 6.07) is 17.3. The summed E-state index contributed by atoms with van der Waals surface area (Å²) in [4.78, 5) is 16.6. The molecule has 0 aliphatic rings. The van der Waals surface area contributed by atoms with Crippen LogP contribution in [-0.2, 0) is 11.2 Å². The first-order chi connectivity index (χ1) is 15.4. The Hall–Kier alpha value is -3.03. The number of aliphatic hydroxyl groups excluding tert-OH is 1. The predicted molar refractivity (Wildman–Crippen MR) is 126 cm³/mol. The van der Waals surface area contributed by atoms with Gasteiger partial charge in [0.05, 0.1) is 6.10 Å². The van der Waals surface area contributed by atoms with Crippen LogP contribution >= 0.6 is 0 Å². The lowest BCUT2D eigenvalue weighted by atomic mass is 9.99. The van der Waals surface area contributed by atoms with E-state index in [9.17, 15) is 9.90 Å². The molecule has 0 bridgehead atoms. The number of nitrogens with one attached hydrogen (secondary N) is 2. The fourth-order valence-corrected chi connectivity index (χ4v) is 3.65. The Morgan fingerprint density at radius 1 is 1.09 bits per heavy atom. The maximum absolute atomic E-state index is 12.5. The van der Waals surface area contributed by atoms with E-state index in [-0.39, 0.29) is 18.0 Å². The Morgan fingerprint density at radius 3 is 2.38 bits per heavy atom. The zero-order valence-electron chi connectivity index (χ0n) is 19.2. The van der Waals surface area contributed by atoms with E-state index in [2.05, 4.69) is 27.6 Å². The summed E-state index contributed by atoms with van der Waals surface area (Å²) in [5, 5.41) is 21.3. The van der Waals surface area contributed by atoms with Crippen LogP contribution < -0.4 is 10.6 Å². The molecule has 0 saturated carbocycles. The number of aromatic nitrogens is 3. The van der Waals surface area contributed by atoms with Crippen LogP contribution in [-0.4, -0.2) is 37.9 Å². The number of hydrogen-bond donors (Lipinski definition) is 3. The van der Waals surface area contributed by atoms with Gasteiger partial charge >= 0.3 is 0 Å². The van der Waals surface area contributed by atoms with E-state index in [0.717, 1.165) is 24.1 Å². The summed E-state index contributed by atoms with van der Waals surface area (Å²) in [7, 11) is 0. The Morgan fingerprint density at radius 2 is 1.78 bits per heavy atom. The second-order valence-electron chi connectivity index (χ2n) is 8.25. The van der Waals surface area contributed by atoms with Gasteiger partial charge in [-0.2, -0.15) is 5.10 Å². The van der Waals surface area contributed by atoms with Crippen molar-refractivity contribution in [3.8, 4) is 0 Å². The molecular formula is C25H33N5O2. The lowest BCUT2D eigenvalue weighted by molar-refractivity contribution is -0.119. The summed E-state index contributed by atoms with van der Waals surface area (Å²) >= 11 is 0. The lowest BCUT2D eigenvalue weighted by Gasteiger charge is -2.26. The summed E-state index contributed by atoms with van der Waals surface area (Å²) in [5.41, 5.74) is 2.83. The molecule has 170 valence electrons. The SMILES string of the molecule is CCC(Cc1ccc(NC(=O)C(C)n2cnc(C)n2)cc1)NC(C)C(O)c1ccccc1. The molecule has 32 heavy (non-hydrogen) atoms. The van der Waals surface area contributed by atoms with Crippen molar-refractivity contribution in [1.82, 2.24) is 20.1 Å². The monoisotopic (exact) mass is 435 g/mol. The molecular weight excluding hydrogens is 402 g/mol. The number of amides is 1. The molecule has 1 aromatic heterocycles. The molecule has 3 rings (SSSR count). The number of hydrogen-bond acceptors (Lipinski definition) is 5. The van der Waals surface area contributed by atoms with Crippen molar-refractivity contribution < 1.29 is 9.90 Å². The molecule has 0 aliphatic carbocycles. The van der Waals surface area contributed by atoms with Crippen molar-refractivity contribution in [3.63, 3.8) is 0 Å². The van der Waals surface area contributed by atoms with Crippen molar-refractivity contribution in [3.05, 3.63) is 77.9 Å². The van der Waals surface area contributed by atoms with Crippen LogP contribution in [0, 0.1) is 6.92 Å². The molecule has 0 fully saturated rings. The van der Waals surface area contributed by atoms with E-state index in [0.29, 0.717) is 5.82 Å². The second kappa shape index (κ2) is 11.0. The number of nitrogens with zero attached hydrogens (tertiary/aromatic N) is 3. The minimum Gasteiger partial charge on any atom is -0.387 e. The highest BCUT2D eigenvalue weighted by molar-refractivity contribution is 5.93. The predicted octanol–water partition coefficient (Wildman–Crippen LogP) is 3.82. The van der Waals surface area contributed by atoms with Gasteiger partial charge in [0.25, 0.3) is 0 Å². The second-order valence-corrected chi connectivity index (χ2v) is 8.25. The van der Waals surface area contributed by atoms with Gasteiger partial charge in [0.15, 0.2) is 0 Å². The Balaban J connectivity index is 1.54. The van der Waals surface area contributed by atoms with Crippen LogP contribution in [0.4, 0.5) is 5.69 Å². The number of carbonyl (C=O) groups excluding carboxylic acids is 1. The first kappa shape index (κ1) is 23.6. The standard InChI is InChI=1S/C25H33N5O2/c1-5-22(27-17(2)24(31)21-9-7-6-8-10-21)15-20-11-13-23(14-12-20)28-25(32)18(3)30-16-26-19(4)29-30/h6-14,16-18,22,24,27,31H,5,15H2,1-4H3,(H,28,32). The molecule has 0 saturated heterocycles. The molecule has 0 spiro atoms. The maximum atomic E-state index is 12.5. The van der Waals surface area contributed by atoms with Crippen LogP contribution in [0.1, 0.15) is 56.3 Å². The van der Waals surface area contributed by atoms with Gasteiger partial charge in [-0.1, -0.05) is 49.4 Å². The fourth-order valence-electron chi connectivity index (χ4n) is 3.65. The van der Waals surface area contributed by atoms with Gasteiger partial charge in [-0.15, -0.1) is 0 Å². The van der Waals surface area contributed by atoms with Crippen LogP contribution in [0.2, 0.25) is 0 Å². The molecule has 4 atom stereocenters. The third kappa shape index (κ3) is 6.24. The van der Waals surface area contributed by atoms with Gasteiger partial charge in [0.2, 0.25) is 5.91 Å². The van der Waals surface area contributed by atoms with Crippen molar-refractivity contribution in [2.75, 3.05) is 5.32 Å². The zero-order chi connectivity index (χ0) is 23.1. The Kier molecular flexibility index (Phi) is 8.14. The van der Waals surface area contributed by atoms with E-state index >= 15 is 0 Å². The maximum Gasteiger partial charge on any atom is 0.249 e. The summed E-state index contributed by atoms with van der Waals surface area (Å²) in [6.45, 7) is 7.74. The fraction of sp³-hybridized carbons (Fsp3) is 0.400. The van der Waals surface area contributed by atoms with Gasteiger partial charge in [-0.05, 0) is 56.9 Å². The van der Waals surface area contributed by atoms with Crippen LogP contribution in [0.15, 0.2) is 60.9 Å². The van der Waals surface area contributed by atoms with Gasteiger partial charge in [0.1, 0.15) is 18.2 Å². The molecule has 1 amide bonds. The minimum atomic E-state index is -0.557. The number of carbonyl (C=O) groups is 1. The number of aryl methyl sites for hydroxylation is 1. The Bertz CT molecular complexity index is 987. The van der Waals surface area contributed by atoms with Gasteiger partial charge < -0.3 is 15.7 Å². The van der Waals surface area contributed by atoms with Crippen LogP contribution in [0.5, 0.6) is 0 Å². The van der Waals surface area contributed by atoms with E-state index in [1.165, 1.54) is 5.56 Å². The van der Waals surface area contributed by atoms with E-state index < -0.39 is 12.1 Å². The normalized spacial score (nSPS) is 15.0. The van der Waals surface area contributed by atoms with Gasteiger partial charge in [-0.25, -0.2) is 9.67 Å².